The van der Waals surface area contributed by atoms with E-state index < -0.39 is 4.92 Å². The molecule has 4 aliphatic carbocycles. The van der Waals surface area contributed by atoms with Gasteiger partial charge in [-0.3, -0.25) is 9.48 Å². The molecule has 1 amide bonds. The van der Waals surface area contributed by atoms with Crippen molar-refractivity contribution < 1.29 is 9.72 Å². The summed E-state index contributed by atoms with van der Waals surface area (Å²) in [5.41, 5.74) is 0.548. The zero-order valence-electron chi connectivity index (χ0n) is 19.9. The minimum Gasteiger partial charge on any atom is -0.358 e. The van der Waals surface area contributed by atoms with Gasteiger partial charge in [0.1, 0.15) is 4.47 Å². The smallest absolute Gasteiger partial charge is 0.358 e. The maximum Gasteiger partial charge on any atom is 0.404 e. The monoisotopic (exact) mass is 606 g/mol. The molecule has 0 aliphatic heterocycles. The van der Waals surface area contributed by atoms with E-state index in [0.29, 0.717) is 45.1 Å². The lowest BCUT2D eigenvalue weighted by Gasteiger charge is -2.61. The summed E-state index contributed by atoms with van der Waals surface area (Å²) in [5, 5.41) is 24.3. The van der Waals surface area contributed by atoms with Crippen molar-refractivity contribution in [2.24, 2.45) is 17.3 Å². The van der Waals surface area contributed by atoms with E-state index in [1.165, 1.54) is 0 Å². The van der Waals surface area contributed by atoms with Crippen molar-refractivity contribution in [1.82, 2.24) is 19.6 Å². The molecule has 9 nitrogen and oxygen atoms in total. The van der Waals surface area contributed by atoms with Gasteiger partial charge in [-0.25, -0.2) is 0 Å². The van der Waals surface area contributed by atoms with Gasteiger partial charge in [-0.1, -0.05) is 29.3 Å². The van der Waals surface area contributed by atoms with Gasteiger partial charge in [0.25, 0.3) is 0 Å². The summed E-state index contributed by atoms with van der Waals surface area (Å²) in [4.78, 5) is 24.2. The predicted molar refractivity (Wildman–Crippen MR) is 143 cm³/mol. The Bertz CT molecular complexity index is 1390. The van der Waals surface area contributed by atoms with E-state index in [1.807, 2.05) is 16.9 Å². The first kappa shape index (κ1) is 24.9. The number of hydrogen-bond acceptors (Lipinski definition) is 5. The van der Waals surface area contributed by atoms with E-state index >= 15 is 0 Å². The zero-order valence-corrected chi connectivity index (χ0v) is 23.0. The Hall–Kier alpha value is -2.43. The normalized spacial score (nSPS) is 28.0. The van der Waals surface area contributed by atoms with Crippen LogP contribution in [0, 0.1) is 27.4 Å². The average Bonchev–Trinajstić information content (AvgIpc) is 3.41. The second-order valence-electron chi connectivity index (χ2n) is 11.1. The zero-order chi connectivity index (χ0) is 25.9. The number of benzene rings is 1. The van der Waals surface area contributed by atoms with E-state index in [-0.39, 0.29) is 22.7 Å². The van der Waals surface area contributed by atoms with Crippen LogP contribution in [0.25, 0.3) is 0 Å². The molecule has 0 saturated heterocycles. The second kappa shape index (κ2) is 9.10. The van der Waals surface area contributed by atoms with Gasteiger partial charge in [-0.2, -0.15) is 9.78 Å². The van der Waals surface area contributed by atoms with Gasteiger partial charge in [0.2, 0.25) is 5.91 Å². The number of hydrogen-bond donors (Lipinski definition) is 1. The summed E-state index contributed by atoms with van der Waals surface area (Å²) in [6, 6.07) is 7.24. The first-order valence-electron chi connectivity index (χ1n) is 12.3. The maximum absolute atomic E-state index is 13.2. The summed E-state index contributed by atoms with van der Waals surface area (Å²) >= 11 is 15.4. The molecule has 4 aliphatic rings. The van der Waals surface area contributed by atoms with Gasteiger partial charge in [0, 0.05) is 18.7 Å². The maximum atomic E-state index is 13.2. The molecule has 1 aromatic carbocycles. The van der Waals surface area contributed by atoms with Crippen molar-refractivity contribution >= 4 is 56.7 Å². The average molecular weight is 608 g/mol. The summed E-state index contributed by atoms with van der Waals surface area (Å²) in [6.45, 7) is 0.508. The number of anilines is 1. The summed E-state index contributed by atoms with van der Waals surface area (Å²) < 4.78 is 3.97. The van der Waals surface area contributed by atoms with Gasteiger partial charge in [-0.05, 0) is 94.3 Å². The number of nitrogens with one attached hydrogen (secondary N) is 1. The minimum absolute atomic E-state index is 0.0514. The van der Waals surface area contributed by atoms with Crippen LogP contribution in [0.3, 0.4) is 0 Å². The molecule has 4 bridgehead atoms. The number of rotatable bonds is 7. The van der Waals surface area contributed by atoms with Crippen molar-refractivity contribution in [2.45, 2.75) is 57.0 Å². The highest BCUT2D eigenvalue weighted by atomic mass is 79.9. The number of carbonyl (C=O) groups excluding carboxylic acids is 1. The lowest BCUT2D eigenvalue weighted by molar-refractivity contribution is -0.390. The van der Waals surface area contributed by atoms with Crippen molar-refractivity contribution in [2.75, 3.05) is 5.32 Å². The van der Waals surface area contributed by atoms with E-state index in [9.17, 15) is 14.9 Å². The number of amides is 1. The van der Waals surface area contributed by atoms with E-state index in [4.69, 9.17) is 23.2 Å². The Balaban J connectivity index is 1.16. The number of carbonyl (C=O) groups is 1. The van der Waals surface area contributed by atoms with Crippen molar-refractivity contribution in [3.05, 3.63) is 66.9 Å². The molecule has 3 aromatic rings. The van der Waals surface area contributed by atoms with Crippen LogP contribution in [0.4, 0.5) is 11.6 Å². The summed E-state index contributed by atoms with van der Waals surface area (Å²) in [7, 11) is 0. The van der Waals surface area contributed by atoms with Crippen molar-refractivity contribution in [3.63, 3.8) is 0 Å². The Morgan fingerprint density at radius 1 is 1.16 bits per heavy atom. The third-order valence-corrected chi connectivity index (χ3v) is 9.53. The molecule has 0 spiro atoms. The fourth-order valence-electron chi connectivity index (χ4n) is 7.46. The van der Waals surface area contributed by atoms with Crippen molar-refractivity contribution in [1.29, 1.82) is 0 Å². The van der Waals surface area contributed by atoms with E-state index in [1.54, 1.807) is 29.1 Å². The van der Waals surface area contributed by atoms with Gasteiger partial charge < -0.3 is 15.4 Å². The van der Waals surface area contributed by atoms with Gasteiger partial charge in [-0.15, -0.1) is 0 Å². The number of nitrogens with zero attached hydrogens (tertiary/aromatic N) is 5. The molecule has 2 heterocycles. The summed E-state index contributed by atoms with van der Waals surface area (Å²) in [5.74, 6) is 1.31. The van der Waals surface area contributed by atoms with Crippen LogP contribution < -0.4 is 5.32 Å². The van der Waals surface area contributed by atoms with Crippen LogP contribution in [0.15, 0.2) is 41.1 Å². The third-order valence-electron chi connectivity index (χ3n) is 8.23. The third kappa shape index (κ3) is 4.68. The molecule has 37 heavy (non-hydrogen) atoms. The first-order chi connectivity index (χ1) is 17.6. The predicted octanol–water partition coefficient (Wildman–Crippen LogP) is 6.43. The molecule has 0 radical (unpaired) electrons. The number of nitro groups is 1. The summed E-state index contributed by atoms with van der Waals surface area (Å²) in [6.07, 6.45) is 9.87. The largest absolute Gasteiger partial charge is 0.404 e. The lowest BCUT2D eigenvalue weighted by Crippen LogP contribution is -2.57. The Kier molecular flexibility index (Phi) is 6.12. The fraction of sp³-hybridized carbons (Fsp3) is 0.480. The van der Waals surface area contributed by atoms with Gasteiger partial charge in [0.15, 0.2) is 5.82 Å². The van der Waals surface area contributed by atoms with E-state index in [2.05, 4.69) is 31.4 Å². The van der Waals surface area contributed by atoms with Crippen LogP contribution in [-0.2, 0) is 16.9 Å². The highest BCUT2D eigenvalue weighted by Crippen LogP contribution is 2.65. The molecule has 1 N–H and O–H groups in total. The molecular weight excluding hydrogens is 583 g/mol. The molecule has 194 valence electrons. The highest BCUT2D eigenvalue weighted by molar-refractivity contribution is 9.10. The Morgan fingerprint density at radius 3 is 2.59 bits per heavy atom. The standard InChI is InChI=1S/C25H25BrCl2N6O3/c26-18-13-33(31-23(18)34(36)37)25-9-16-5-17(10-25)8-24(7-16,14-25)11-22(35)29-21-3-4-32(30-21)12-15-1-2-19(27)20(28)6-15/h1-4,6,13,16-17H,5,7-12,14H2,(H,29,30,35). The van der Waals surface area contributed by atoms with Gasteiger partial charge in [0.05, 0.1) is 33.4 Å². The van der Waals surface area contributed by atoms with Crippen LogP contribution in [0.2, 0.25) is 10.0 Å². The molecule has 4 fully saturated rings. The number of aromatic nitrogens is 4. The second-order valence-corrected chi connectivity index (χ2v) is 12.7. The Morgan fingerprint density at radius 2 is 1.92 bits per heavy atom. The minimum atomic E-state index is -0.453. The molecular formula is C25H25BrCl2N6O3. The van der Waals surface area contributed by atoms with Crippen LogP contribution in [-0.4, -0.2) is 30.4 Å². The van der Waals surface area contributed by atoms with Crippen LogP contribution in [0.1, 0.15) is 50.5 Å². The highest BCUT2D eigenvalue weighted by Gasteiger charge is 2.60. The van der Waals surface area contributed by atoms with Crippen LogP contribution in [0.5, 0.6) is 0 Å². The molecule has 2 unspecified atom stereocenters. The molecule has 2 aromatic heterocycles. The van der Waals surface area contributed by atoms with Crippen LogP contribution >= 0.6 is 39.1 Å². The lowest BCUT2D eigenvalue weighted by atomic mass is 9.46. The molecule has 2 atom stereocenters. The topological polar surface area (TPSA) is 108 Å². The van der Waals surface area contributed by atoms with E-state index in [0.717, 1.165) is 44.1 Å². The van der Waals surface area contributed by atoms with Crippen molar-refractivity contribution in [3.8, 4) is 0 Å². The van der Waals surface area contributed by atoms with Gasteiger partial charge >= 0.3 is 5.82 Å². The number of halogens is 3. The first-order valence-corrected chi connectivity index (χ1v) is 13.8. The quantitative estimate of drug-likeness (QED) is 0.246. The Labute approximate surface area is 231 Å². The molecule has 4 saturated carbocycles. The molecule has 12 heteroatoms. The fourth-order valence-corrected chi connectivity index (χ4v) is 8.20. The molecule has 7 rings (SSSR count). The SMILES string of the molecule is O=C(CC12CC3CC(C1)CC(n1cc(Br)c([N+](=O)[O-])n1)(C3)C2)Nc1ccn(Cc2ccc(Cl)c(Cl)c2)n1.